The highest BCUT2D eigenvalue weighted by Crippen LogP contribution is 2.36. The Morgan fingerprint density at radius 2 is 1.81 bits per heavy atom. The number of hydrogen-bond acceptors (Lipinski definition) is 3. The molecule has 0 spiro atoms. The van der Waals surface area contributed by atoms with Crippen LogP contribution in [-0.2, 0) is 4.79 Å². The number of nitrogens with zero attached hydrogens (tertiary/aromatic N) is 1. The van der Waals surface area contributed by atoms with E-state index < -0.39 is 0 Å². The summed E-state index contributed by atoms with van der Waals surface area (Å²) in [7, 11) is 0. The molecule has 94 valence electrons. The molecule has 2 N–H and O–H groups in total. The van der Waals surface area contributed by atoms with Crippen LogP contribution < -0.4 is 5.48 Å². The molecule has 4 heteroatoms. The van der Waals surface area contributed by atoms with Crippen LogP contribution in [0.5, 0.6) is 0 Å². The first-order valence-electron chi connectivity index (χ1n) is 6.36. The summed E-state index contributed by atoms with van der Waals surface area (Å²) in [5.41, 5.74) is 1.76. The van der Waals surface area contributed by atoms with Crippen LogP contribution >= 0.6 is 0 Å². The summed E-state index contributed by atoms with van der Waals surface area (Å²) in [5.74, 6) is -0.256. The van der Waals surface area contributed by atoms with Crippen molar-refractivity contribution >= 4 is 5.91 Å². The van der Waals surface area contributed by atoms with Gasteiger partial charge in [0.1, 0.15) is 0 Å². The Morgan fingerprint density at radius 3 is 2.25 bits per heavy atom. The molecule has 0 atom stereocenters. The van der Waals surface area contributed by atoms with Gasteiger partial charge in [-0.25, -0.2) is 5.48 Å². The van der Waals surface area contributed by atoms with Gasteiger partial charge >= 0.3 is 0 Å². The quantitative estimate of drug-likeness (QED) is 0.558. The molecule has 1 aliphatic rings. The van der Waals surface area contributed by atoms with E-state index in [0.717, 1.165) is 25.9 Å². The Labute approximate surface area is 98.0 Å². The van der Waals surface area contributed by atoms with E-state index in [1.54, 1.807) is 5.48 Å². The predicted octanol–water partition coefficient (Wildman–Crippen LogP) is 1.93. The molecule has 0 heterocycles. The lowest BCUT2D eigenvalue weighted by Crippen LogP contribution is -2.52. The van der Waals surface area contributed by atoms with Crippen molar-refractivity contribution in [2.45, 2.75) is 57.9 Å². The van der Waals surface area contributed by atoms with Crippen LogP contribution in [0.4, 0.5) is 0 Å². The second-order valence-electron chi connectivity index (χ2n) is 4.67. The largest absolute Gasteiger partial charge is 0.298 e. The summed E-state index contributed by atoms with van der Waals surface area (Å²) in [5, 5.41) is 8.69. The average molecular weight is 228 g/mol. The summed E-state index contributed by atoms with van der Waals surface area (Å²) in [6.45, 7) is 6.21. The highest BCUT2D eigenvalue weighted by Gasteiger charge is 2.38. The van der Waals surface area contributed by atoms with E-state index >= 15 is 0 Å². The molecular formula is C12H24N2O2. The molecule has 1 saturated carbocycles. The van der Waals surface area contributed by atoms with Crippen LogP contribution in [0, 0.1) is 0 Å². The van der Waals surface area contributed by atoms with Gasteiger partial charge in [0.25, 0.3) is 0 Å². The molecular weight excluding hydrogens is 204 g/mol. The van der Waals surface area contributed by atoms with Gasteiger partial charge in [-0.2, -0.15) is 0 Å². The lowest BCUT2D eigenvalue weighted by molar-refractivity contribution is -0.133. The zero-order valence-electron chi connectivity index (χ0n) is 10.5. The van der Waals surface area contributed by atoms with Gasteiger partial charge in [0.05, 0.1) is 0 Å². The van der Waals surface area contributed by atoms with Crippen LogP contribution in [-0.4, -0.2) is 34.6 Å². The normalized spacial score (nSPS) is 19.8. The van der Waals surface area contributed by atoms with Crippen molar-refractivity contribution in [3.05, 3.63) is 0 Å². The van der Waals surface area contributed by atoms with Gasteiger partial charge in [-0.3, -0.25) is 14.9 Å². The first-order valence-corrected chi connectivity index (χ1v) is 6.36. The van der Waals surface area contributed by atoms with Gasteiger partial charge in [-0.15, -0.1) is 0 Å². The molecule has 1 aliphatic carbocycles. The zero-order chi connectivity index (χ0) is 12.0. The summed E-state index contributed by atoms with van der Waals surface area (Å²) in [4.78, 5) is 13.8. The van der Waals surface area contributed by atoms with Crippen LogP contribution in [0.15, 0.2) is 0 Å². The van der Waals surface area contributed by atoms with Crippen molar-refractivity contribution in [1.82, 2.24) is 10.4 Å². The fraction of sp³-hybridized carbons (Fsp3) is 0.917. The smallest absolute Gasteiger partial charge is 0.245 e. The molecule has 1 fully saturated rings. The molecule has 0 aromatic rings. The molecule has 16 heavy (non-hydrogen) atoms. The average Bonchev–Trinajstić information content (AvgIpc) is 2.31. The Balaban J connectivity index is 2.77. The van der Waals surface area contributed by atoms with Crippen molar-refractivity contribution in [3.63, 3.8) is 0 Å². The lowest BCUT2D eigenvalue weighted by Gasteiger charge is -2.45. The number of hydrogen-bond donors (Lipinski definition) is 2. The third-order valence-electron chi connectivity index (χ3n) is 3.83. The molecule has 0 radical (unpaired) electrons. The van der Waals surface area contributed by atoms with E-state index in [2.05, 4.69) is 18.7 Å². The first kappa shape index (κ1) is 13.5. The van der Waals surface area contributed by atoms with E-state index in [-0.39, 0.29) is 11.4 Å². The SMILES string of the molecule is CCN(CC)C1(CC(=O)NO)CCCCC1. The van der Waals surface area contributed by atoms with Gasteiger partial charge in [-0.05, 0) is 25.9 Å². The minimum absolute atomic E-state index is 0.0193. The minimum Gasteiger partial charge on any atom is -0.298 e. The molecule has 1 rings (SSSR count). The summed E-state index contributed by atoms with van der Waals surface area (Å²) >= 11 is 0. The van der Waals surface area contributed by atoms with E-state index in [0.29, 0.717) is 6.42 Å². The van der Waals surface area contributed by atoms with Crippen molar-refractivity contribution in [2.75, 3.05) is 13.1 Å². The third-order valence-corrected chi connectivity index (χ3v) is 3.83. The van der Waals surface area contributed by atoms with Crippen molar-refractivity contribution < 1.29 is 10.0 Å². The number of carbonyl (C=O) groups excluding carboxylic acids is 1. The first-order chi connectivity index (χ1) is 7.68. The van der Waals surface area contributed by atoms with E-state index in [4.69, 9.17) is 5.21 Å². The Bertz CT molecular complexity index is 221. The maximum atomic E-state index is 11.4. The highest BCUT2D eigenvalue weighted by molar-refractivity contribution is 5.76. The van der Waals surface area contributed by atoms with E-state index in [1.807, 2.05) is 0 Å². The van der Waals surface area contributed by atoms with Crippen molar-refractivity contribution in [1.29, 1.82) is 0 Å². The van der Waals surface area contributed by atoms with Crippen LogP contribution in [0.2, 0.25) is 0 Å². The molecule has 4 nitrogen and oxygen atoms in total. The van der Waals surface area contributed by atoms with Gasteiger partial charge < -0.3 is 0 Å². The molecule has 1 amide bonds. The minimum atomic E-state index is -0.256. The summed E-state index contributed by atoms with van der Waals surface area (Å²) < 4.78 is 0. The van der Waals surface area contributed by atoms with Gasteiger partial charge in [0.15, 0.2) is 0 Å². The van der Waals surface area contributed by atoms with Crippen LogP contribution in [0.25, 0.3) is 0 Å². The molecule has 0 bridgehead atoms. The topological polar surface area (TPSA) is 52.6 Å². The fourth-order valence-electron chi connectivity index (χ4n) is 3.05. The van der Waals surface area contributed by atoms with Gasteiger partial charge in [0.2, 0.25) is 5.91 Å². The maximum absolute atomic E-state index is 11.4. The fourth-order valence-corrected chi connectivity index (χ4v) is 3.05. The number of carbonyl (C=O) groups is 1. The number of nitrogens with one attached hydrogen (secondary N) is 1. The molecule has 0 unspecified atom stereocenters. The molecule has 0 aliphatic heterocycles. The Kier molecular flexibility index (Phi) is 5.22. The Hall–Kier alpha value is -0.610. The molecule has 0 aromatic carbocycles. The second kappa shape index (κ2) is 6.21. The summed E-state index contributed by atoms with van der Waals surface area (Å²) in [6, 6.07) is 0. The highest BCUT2D eigenvalue weighted by atomic mass is 16.5. The molecule has 0 aromatic heterocycles. The van der Waals surface area contributed by atoms with Gasteiger partial charge in [0, 0.05) is 12.0 Å². The van der Waals surface area contributed by atoms with E-state index in [9.17, 15) is 4.79 Å². The predicted molar refractivity (Wildman–Crippen MR) is 63.3 cm³/mol. The lowest BCUT2D eigenvalue weighted by atomic mass is 9.77. The van der Waals surface area contributed by atoms with Crippen molar-refractivity contribution in [3.8, 4) is 0 Å². The molecule has 0 saturated heterocycles. The Morgan fingerprint density at radius 1 is 1.25 bits per heavy atom. The monoisotopic (exact) mass is 228 g/mol. The maximum Gasteiger partial charge on any atom is 0.245 e. The number of rotatable bonds is 5. The van der Waals surface area contributed by atoms with E-state index in [1.165, 1.54) is 19.3 Å². The van der Waals surface area contributed by atoms with Crippen LogP contribution in [0.3, 0.4) is 0 Å². The third kappa shape index (κ3) is 2.95. The standard InChI is InChI=1S/C12H24N2O2/c1-3-14(4-2)12(10-11(15)13-16)8-6-5-7-9-12/h16H,3-10H2,1-2H3,(H,13,15). The van der Waals surface area contributed by atoms with Crippen molar-refractivity contribution in [2.24, 2.45) is 0 Å². The zero-order valence-corrected chi connectivity index (χ0v) is 10.5. The number of amides is 1. The van der Waals surface area contributed by atoms with Gasteiger partial charge in [-0.1, -0.05) is 33.1 Å². The summed E-state index contributed by atoms with van der Waals surface area (Å²) in [6.07, 6.45) is 6.21. The van der Waals surface area contributed by atoms with Crippen LogP contribution in [0.1, 0.15) is 52.4 Å². The second-order valence-corrected chi connectivity index (χ2v) is 4.67. The number of hydroxylamine groups is 1.